The van der Waals surface area contributed by atoms with Crippen LogP contribution in [-0.2, 0) is 30.4 Å². The molecule has 4 rings (SSSR count). The smallest absolute Gasteiger partial charge is 0.328 e. The fourth-order valence-electron chi connectivity index (χ4n) is 4.99. The summed E-state index contributed by atoms with van der Waals surface area (Å²) in [6, 6.07) is 0.294. The van der Waals surface area contributed by atoms with Crippen LogP contribution in [0.25, 0.3) is 0 Å². The number of carbonyl (C=O) groups is 5. The zero-order valence-electron chi connectivity index (χ0n) is 20.8. The number of nitrogens with two attached hydrogens (primary N) is 2. The molecule has 11 nitrogen and oxygen atoms in total. The lowest BCUT2D eigenvalue weighted by Crippen LogP contribution is -2.46. The maximum absolute atomic E-state index is 13.9. The Morgan fingerprint density at radius 3 is 2.13 bits per heavy atom. The van der Waals surface area contributed by atoms with E-state index in [9.17, 15) is 37.1 Å². The van der Waals surface area contributed by atoms with Crippen LogP contribution in [0.4, 0.5) is 13.2 Å². The van der Waals surface area contributed by atoms with E-state index in [0.29, 0.717) is 50.7 Å². The van der Waals surface area contributed by atoms with Crippen molar-refractivity contribution in [2.75, 3.05) is 19.6 Å². The van der Waals surface area contributed by atoms with E-state index in [1.165, 1.54) is 0 Å². The van der Waals surface area contributed by atoms with Crippen LogP contribution in [0, 0.1) is 28.8 Å². The molecule has 0 unspecified atom stereocenters. The molecular formula is C25H29F3N4O7. The average molecular weight is 555 g/mol. The summed E-state index contributed by atoms with van der Waals surface area (Å²) < 4.78 is 40.3. The number of likely N-dealkylation sites (tertiary alicyclic amines) is 2. The summed E-state index contributed by atoms with van der Waals surface area (Å²) in [6.45, 7) is 1.36. The lowest BCUT2D eigenvalue weighted by molar-refractivity contribution is -0.143. The molecule has 3 atom stereocenters. The van der Waals surface area contributed by atoms with Crippen molar-refractivity contribution in [1.29, 1.82) is 0 Å². The molecule has 3 fully saturated rings. The number of hydrogen-bond donors (Lipinski definition) is 4. The molecule has 1 aliphatic carbocycles. The Kier molecular flexibility index (Phi) is 8.99. The third-order valence-electron chi connectivity index (χ3n) is 7.16. The number of nitrogens with zero attached hydrogens (tertiary/aromatic N) is 2. The zero-order valence-corrected chi connectivity index (χ0v) is 20.8. The molecule has 2 saturated heterocycles. The van der Waals surface area contributed by atoms with Crippen molar-refractivity contribution in [3.8, 4) is 0 Å². The third kappa shape index (κ3) is 6.93. The van der Waals surface area contributed by atoms with Gasteiger partial charge in [-0.1, -0.05) is 0 Å². The van der Waals surface area contributed by atoms with E-state index in [4.69, 9.17) is 21.7 Å². The number of primary amides is 1. The molecule has 6 N–H and O–H groups in total. The second-order valence-electron chi connectivity index (χ2n) is 9.90. The second kappa shape index (κ2) is 11.8. The minimum absolute atomic E-state index is 0.0825. The standard InChI is InChI=1S/C21H25F3N4O3.C4H4O4/c22-14-8-16(24)15(23)6-12(14)5-13(25)7-18(29)28-4-1-11-9-27(10-17(11)28)20(31)21(2-3-21)19(26)30;5-3(6)1-2-4(7)8/h6,8,11,13,17H,1-5,7,9-10,25H2,(H2,26,30);1-2H,(H,5,6)(H,7,8)/b;2-1+/t11-,13+,17+;/m0./s1. The number of aliphatic carboxylic acids is 2. The van der Waals surface area contributed by atoms with Crippen LogP contribution in [0.5, 0.6) is 0 Å². The normalized spacial score (nSPS) is 21.6. The number of benzene rings is 1. The topological polar surface area (TPSA) is 184 Å². The fourth-order valence-corrected chi connectivity index (χ4v) is 4.99. The zero-order chi connectivity index (χ0) is 29.1. The third-order valence-corrected chi connectivity index (χ3v) is 7.16. The molecule has 2 aliphatic heterocycles. The van der Waals surface area contributed by atoms with Crippen LogP contribution in [-0.4, -0.2) is 81.4 Å². The number of fused-ring (bicyclic) bond motifs is 1. The first-order chi connectivity index (χ1) is 18.2. The Labute approximate surface area is 221 Å². The lowest BCUT2D eigenvalue weighted by atomic mass is 10.0. The number of hydrogen-bond acceptors (Lipinski definition) is 6. The Morgan fingerprint density at radius 1 is 1.00 bits per heavy atom. The molecule has 14 heteroatoms. The predicted octanol–water partition coefficient (Wildman–Crippen LogP) is 0.400. The number of carbonyl (C=O) groups excluding carboxylic acids is 3. The van der Waals surface area contributed by atoms with Gasteiger partial charge >= 0.3 is 11.9 Å². The summed E-state index contributed by atoms with van der Waals surface area (Å²) in [5.41, 5.74) is 10.2. The van der Waals surface area contributed by atoms with Gasteiger partial charge < -0.3 is 31.5 Å². The summed E-state index contributed by atoms with van der Waals surface area (Å²) in [5, 5.41) is 15.6. The van der Waals surface area contributed by atoms with Gasteiger partial charge in [0.2, 0.25) is 17.7 Å². The van der Waals surface area contributed by atoms with Gasteiger partial charge in [0.25, 0.3) is 0 Å². The SMILES string of the molecule is NC(=O)C1(C(=O)N2C[C@@H]3CCN(C(=O)C[C@H](N)Cc4cc(F)c(F)cc4F)[C@@H]3C2)CC1.O=C(O)/C=C/C(=O)O. The molecule has 3 aliphatic rings. The van der Waals surface area contributed by atoms with E-state index in [1.807, 2.05) is 0 Å². The first kappa shape index (κ1) is 29.6. The van der Waals surface area contributed by atoms with Crippen molar-refractivity contribution in [3.05, 3.63) is 47.3 Å². The molecule has 1 aromatic carbocycles. The quantitative estimate of drug-likeness (QED) is 0.202. The molecule has 1 aromatic rings. The maximum atomic E-state index is 13.9. The lowest BCUT2D eigenvalue weighted by Gasteiger charge is -2.27. The van der Waals surface area contributed by atoms with Gasteiger partial charge in [-0.25, -0.2) is 22.8 Å². The molecule has 0 aromatic heterocycles. The first-order valence-electron chi connectivity index (χ1n) is 12.2. The fraction of sp³-hybridized carbons (Fsp3) is 0.480. The molecule has 2 heterocycles. The van der Waals surface area contributed by atoms with Crippen LogP contribution >= 0.6 is 0 Å². The number of halogens is 3. The van der Waals surface area contributed by atoms with Gasteiger partial charge in [-0.05, 0) is 37.3 Å². The van der Waals surface area contributed by atoms with Crippen LogP contribution in [0.2, 0.25) is 0 Å². The van der Waals surface area contributed by atoms with Gasteiger partial charge in [-0.2, -0.15) is 0 Å². The monoisotopic (exact) mass is 554 g/mol. The van der Waals surface area contributed by atoms with Crippen molar-refractivity contribution >= 4 is 29.7 Å². The van der Waals surface area contributed by atoms with Gasteiger partial charge in [-0.15, -0.1) is 0 Å². The first-order valence-corrected chi connectivity index (χ1v) is 12.2. The molecular weight excluding hydrogens is 525 g/mol. The highest BCUT2D eigenvalue weighted by atomic mass is 19.2. The van der Waals surface area contributed by atoms with Crippen LogP contribution in [0.3, 0.4) is 0 Å². The minimum Gasteiger partial charge on any atom is -0.478 e. The van der Waals surface area contributed by atoms with E-state index in [1.54, 1.807) is 9.80 Å². The van der Waals surface area contributed by atoms with Crippen molar-refractivity contribution in [1.82, 2.24) is 9.80 Å². The van der Waals surface area contributed by atoms with Crippen LogP contribution < -0.4 is 11.5 Å². The van der Waals surface area contributed by atoms with E-state index >= 15 is 0 Å². The highest BCUT2D eigenvalue weighted by Gasteiger charge is 2.59. The van der Waals surface area contributed by atoms with Gasteiger partial charge in [0, 0.05) is 56.2 Å². The number of amides is 3. The Balaban J connectivity index is 0.000000459. The van der Waals surface area contributed by atoms with Gasteiger partial charge in [0.1, 0.15) is 11.2 Å². The maximum Gasteiger partial charge on any atom is 0.328 e. The molecule has 3 amide bonds. The average Bonchev–Trinajstić information content (AvgIpc) is 3.41. The molecule has 0 spiro atoms. The number of carboxylic acid groups (broad SMARTS) is 2. The van der Waals surface area contributed by atoms with Crippen molar-refractivity contribution in [2.24, 2.45) is 22.8 Å². The second-order valence-corrected chi connectivity index (χ2v) is 9.90. The van der Waals surface area contributed by atoms with E-state index in [2.05, 4.69) is 0 Å². The van der Waals surface area contributed by atoms with Crippen molar-refractivity contribution in [2.45, 2.75) is 44.2 Å². The van der Waals surface area contributed by atoms with Crippen molar-refractivity contribution < 1.29 is 47.4 Å². The predicted molar refractivity (Wildman–Crippen MR) is 128 cm³/mol. The van der Waals surface area contributed by atoms with E-state index in [0.717, 1.165) is 12.5 Å². The summed E-state index contributed by atoms with van der Waals surface area (Å²) in [7, 11) is 0. The minimum atomic E-state index is -1.28. The molecule has 1 saturated carbocycles. The summed E-state index contributed by atoms with van der Waals surface area (Å²) in [5.74, 6) is -6.83. The van der Waals surface area contributed by atoms with Gasteiger partial charge in [0.05, 0.1) is 6.04 Å². The summed E-state index contributed by atoms with van der Waals surface area (Å²) >= 11 is 0. The Hall–Kier alpha value is -3.94. The highest BCUT2D eigenvalue weighted by Crippen LogP contribution is 2.48. The Morgan fingerprint density at radius 2 is 1.59 bits per heavy atom. The Bertz CT molecular complexity index is 1190. The molecule has 39 heavy (non-hydrogen) atoms. The van der Waals surface area contributed by atoms with Gasteiger partial charge in [-0.3, -0.25) is 14.4 Å². The van der Waals surface area contributed by atoms with Crippen molar-refractivity contribution in [3.63, 3.8) is 0 Å². The largest absolute Gasteiger partial charge is 0.478 e. The summed E-state index contributed by atoms with van der Waals surface area (Å²) in [4.78, 5) is 59.7. The van der Waals surface area contributed by atoms with E-state index in [-0.39, 0.29) is 42.2 Å². The molecule has 0 bridgehead atoms. The number of rotatable bonds is 8. The van der Waals surface area contributed by atoms with Crippen LogP contribution in [0.15, 0.2) is 24.3 Å². The van der Waals surface area contributed by atoms with Gasteiger partial charge in [0.15, 0.2) is 11.6 Å². The van der Waals surface area contributed by atoms with E-state index < -0.39 is 46.8 Å². The highest BCUT2D eigenvalue weighted by molar-refractivity contribution is 6.07. The summed E-state index contributed by atoms with van der Waals surface area (Å²) in [6.07, 6.45) is 2.58. The van der Waals surface area contributed by atoms with Crippen LogP contribution in [0.1, 0.15) is 31.2 Å². The molecule has 0 radical (unpaired) electrons. The molecule has 212 valence electrons. The number of carboxylic acids is 2.